The van der Waals surface area contributed by atoms with Crippen molar-refractivity contribution in [3.05, 3.63) is 0 Å². The van der Waals surface area contributed by atoms with Crippen LogP contribution in [-0.4, -0.2) is 24.5 Å². The maximum Gasteiger partial charge on any atom is 0.0121 e. The molecule has 0 aromatic heterocycles. The molecule has 2 rings (SSSR count). The second kappa shape index (κ2) is 3.37. The molecule has 1 heteroatoms. The van der Waals surface area contributed by atoms with Crippen LogP contribution in [0.25, 0.3) is 0 Å². The molecule has 2 fully saturated rings. The summed E-state index contributed by atoms with van der Waals surface area (Å²) in [5.41, 5.74) is 0. The maximum atomic E-state index is 2.61. The molecule has 1 saturated heterocycles. The Balaban J connectivity index is 2.01. The summed E-state index contributed by atoms with van der Waals surface area (Å²) < 4.78 is 0. The van der Waals surface area contributed by atoms with Crippen LogP contribution in [-0.2, 0) is 0 Å². The van der Waals surface area contributed by atoms with Crippen LogP contribution in [0.3, 0.4) is 0 Å². The van der Waals surface area contributed by atoms with Crippen molar-refractivity contribution in [2.24, 2.45) is 11.8 Å². The molecule has 0 aromatic rings. The molecule has 0 radical (unpaired) electrons. The Bertz CT molecular complexity index is 155. The second-order valence-corrected chi connectivity index (χ2v) is 4.89. The lowest BCUT2D eigenvalue weighted by Crippen LogP contribution is -2.47. The topological polar surface area (TPSA) is 3.24 Å². The fourth-order valence-electron chi connectivity index (χ4n) is 3.26. The third-order valence-corrected chi connectivity index (χ3v) is 3.74. The molecule has 12 heavy (non-hydrogen) atoms. The van der Waals surface area contributed by atoms with Crippen molar-refractivity contribution in [3.8, 4) is 0 Å². The van der Waals surface area contributed by atoms with Crippen LogP contribution in [0.4, 0.5) is 0 Å². The molecule has 70 valence electrons. The van der Waals surface area contributed by atoms with Gasteiger partial charge in [-0.25, -0.2) is 0 Å². The van der Waals surface area contributed by atoms with Crippen molar-refractivity contribution in [3.63, 3.8) is 0 Å². The standard InChI is InChI=1S/C11H21N/c1-9-7-10-5-3-4-6-11(10)12(2)8-9/h9-11H,3-8H2,1-2H3/t9-,10-,11+/m1/s1. The third-order valence-electron chi connectivity index (χ3n) is 3.74. The van der Waals surface area contributed by atoms with E-state index in [4.69, 9.17) is 0 Å². The van der Waals surface area contributed by atoms with Gasteiger partial charge < -0.3 is 4.90 Å². The van der Waals surface area contributed by atoms with Crippen molar-refractivity contribution in [1.82, 2.24) is 4.90 Å². The van der Waals surface area contributed by atoms with Crippen LogP contribution in [0.1, 0.15) is 39.0 Å². The van der Waals surface area contributed by atoms with E-state index in [1.807, 2.05) is 0 Å². The number of piperidine rings is 1. The zero-order chi connectivity index (χ0) is 8.55. The molecule has 2 aliphatic rings. The van der Waals surface area contributed by atoms with Gasteiger partial charge in [-0.05, 0) is 38.1 Å². The highest BCUT2D eigenvalue weighted by Crippen LogP contribution is 2.36. The van der Waals surface area contributed by atoms with Crippen LogP contribution >= 0.6 is 0 Å². The Morgan fingerprint density at radius 1 is 1.17 bits per heavy atom. The van der Waals surface area contributed by atoms with E-state index in [1.54, 1.807) is 0 Å². The van der Waals surface area contributed by atoms with Crippen LogP contribution in [0.15, 0.2) is 0 Å². The molecule has 3 atom stereocenters. The van der Waals surface area contributed by atoms with Gasteiger partial charge in [-0.1, -0.05) is 19.8 Å². The predicted molar refractivity (Wildman–Crippen MR) is 52.2 cm³/mol. The van der Waals surface area contributed by atoms with E-state index in [0.717, 1.165) is 17.9 Å². The fourth-order valence-corrected chi connectivity index (χ4v) is 3.26. The van der Waals surface area contributed by atoms with E-state index >= 15 is 0 Å². The van der Waals surface area contributed by atoms with Crippen LogP contribution in [0.5, 0.6) is 0 Å². The summed E-state index contributed by atoms with van der Waals surface area (Å²) in [4.78, 5) is 2.61. The van der Waals surface area contributed by atoms with E-state index < -0.39 is 0 Å². The highest BCUT2D eigenvalue weighted by Gasteiger charge is 2.33. The van der Waals surface area contributed by atoms with E-state index in [2.05, 4.69) is 18.9 Å². The summed E-state index contributed by atoms with van der Waals surface area (Å²) in [6, 6.07) is 0.940. The minimum Gasteiger partial charge on any atom is -0.303 e. The lowest BCUT2D eigenvalue weighted by Gasteiger charge is -2.44. The number of nitrogens with zero attached hydrogens (tertiary/aromatic N) is 1. The van der Waals surface area contributed by atoms with Gasteiger partial charge in [-0.15, -0.1) is 0 Å². The van der Waals surface area contributed by atoms with Crippen LogP contribution in [0.2, 0.25) is 0 Å². The van der Waals surface area contributed by atoms with Gasteiger partial charge in [-0.2, -0.15) is 0 Å². The molecule has 0 unspecified atom stereocenters. The van der Waals surface area contributed by atoms with Gasteiger partial charge in [0.15, 0.2) is 0 Å². The number of hydrogen-bond donors (Lipinski definition) is 0. The van der Waals surface area contributed by atoms with E-state index in [0.29, 0.717) is 0 Å². The van der Waals surface area contributed by atoms with E-state index in [1.165, 1.54) is 38.6 Å². The molecular formula is C11H21N. The van der Waals surface area contributed by atoms with Gasteiger partial charge in [0.25, 0.3) is 0 Å². The van der Waals surface area contributed by atoms with Gasteiger partial charge >= 0.3 is 0 Å². The molecule has 1 saturated carbocycles. The smallest absolute Gasteiger partial charge is 0.0121 e. The lowest BCUT2D eigenvalue weighted by atomic mass is 9.76. The van der Waals surface area contributed by atoms with Gasteiger partial charge in [0.05, 0.1) is 0 Å². The largest absolute Gasteiger partial charge is 0.303 e. The van der Waals surface area contributed by atoms with Gasteiger partial charge in [0.2, 0.25) is 0 Å². The van der Waals surface area contributed by atoms with Crippen molar-refractivity contribution >= 4 is 0 Å². The summed E-state index contributed by atoms with van der Waals surface area (Å²) in [6.45, 7) is 3.74. The quantitative estimate of drug-likeness (QED) is 0.536. The Labute approximate surface area is 76.1 Å². The van der Waals surface area contributed by atoms with E-state index in [-0.39, 0.29) is 0 Å². The molecule has 0 aromatic carbocycles. The Morgan fingerprint density at radius 2 is 1.92 bits per heavy atom. The minimum atomic E-state index is 0.939. The summed E-state index contributed by atoms with van der Waals surface area (Å²) >= 11 is 0. The molecule has 1 aliphatic carbocycles. The molecular weight excluding hydrogens is 146 g/mol. The average molecular weight is 167 g/mol. The molecule has 0 amide bonds. The molecule has 1 nitrogen and oxygen atoms in total. The zero-order valence-electron chi connectivity index (χ0n) is 8.42. The Hall–Kier alpha value is -0.0400. The minimum absolute atomic E-state index is 0.939. The highest BCUT2D eigenvalue weighted by molar-refractivity contribution is 4.87. The molecule has 1 heterocycles. The maximum absolute atomic E-state index is 2.61. The second-order valence-electron chi connectivity index (χ2n) is 4.89. The van der Waals surface area contributed by atoms with Crippen molar-refractivity contribution < 1.29 is 0 Å². The fraction of sp³-hybridized carbons (Fsp3) is 1.00. The van der Waals surface area contributed by atoms with E-state index in [9.17, 15) is 0 Å². The van der Waals surface area contributed by atoms with Crippen molar-refractivity contribution in [2.75, 3.05) is 13.6 Å². The number of likely N-dealkylation sites (tertiary alicyclic amines) is 1. The summed E-state index contributed by atoms with van der Waals surface area (Å²) in [7, 11) is 2.32. The van der Waals surface area contributed by atoms with Gasteiger partial charge in [0.1, 0.15) is 0 Å². The third kappa shape index (κ3) is 1.52. The van der Waals surface area contributed by atoms with Crippen molar-refractivity contribution in [2.45, 2.75) is 45.1 Å². The number of rotatable bonds is 0. The van der Waals surface area contributed by atoms with Crippen molar-refractivity contribution in [1.29, 1.82) is 0 Å². The molecule has 0 N–H and O–H groups in total. The first-order valence-corrected chi connectivity index (χ1v) is 5.47. The number of fused-ring (bicyclic) bond motifs is 1. The monoisotopic (exact) mass is 167 g/mol. The average Bonchev–Trinajstić information content (AvgIpc) is 2.04. The molecule has 0 spiro atoms. The summed E-state index contributed by atoms with van der Waals surface area (Å²) in [6.07, 6.45) is 7.42. The summed E-state index contributed by atoms with van der Waals surface area (Å²) in [5, 5.41) is 0. The molecule has 1 aliphatic heterocycles. The first kappa shape index (κ1) is 8.55. The SMILES string of the molecule is C[C@@H]1C[C@H]2CCCC[C@@H]2N(C)C1. The zero-order valence-corrected chi connectivity index (χ0v) is 8.42. The molecule has 0 bridgehead atoms. The summed E-state index contributed by atoms with van der Waals surface area (Å²) in [5.74, 6) is 1.97. The Morgan fingerprint density at radius 3 is 2.75 bits per heavy atom. The highest BCUT2D eigenvalue weighted by atomic mass is 15.1. The first-order valence-electron chi connectivity index (χ1n) is 5.47. The Kier molecular flexibility index (Phi) is 2.40. The predicted octanol–water partition coefficient (Wildman–Crippen LogP) is 2.52. The van der Waals surface area contributed by atoms with Crippen LogP contribution < -0.4 is 0 Å². The lowest BCUT2D eigenvalue weighted by molar-refractivity contribution is 0.0544. The van der Waals surface area contributed by atoms with Gasteiger partial charge in [0, 0.05) is 12.6 Å². The van der Waals surface area contributed by atoms with Gasteiger partial charge in [-0.3, -0.25) is 0 Å². The van der Waals surface area contributed by atoms with Crippen LogP contribution in [0, 0.1) is 11.8 Å². The first-order chi connectivity index (χ1) is 5.77. The number of hydrogen-bond acceptors (Lipinski definition) is 1. The normalized spacial score (nSPS) is 44.0.